The molecule has 29 heavy (non-hydrogen) atoms. The van der Waals surface area contributed by atoms with E-state index in [9.17, 15) is 0 Å². The number of hydrogen-bond acceptors (Lipinski definition) is 1. The van der Waals surface area contributed by atoms with Gasteiger partial charge in [-0.2, -0.15) is 0 Å². The Kier molecular flexibility index (Phi) is 4.81. The molecule has 0 amide bonds. The normalized spacial score (nSPS) is 11.9. The molecule has 0 aliphatic carbocycles. The van der Waals surface area contributed by atoms with Crippen molar-refractivity contribution < 1.29 is 0 Å². The first kappa shape index (κ1) is 17.7. The SMILES string of the molecule is C(=C/c1cccc2ccccc12)/c1ccc(/C=C\c2cccc3ccccc23)s1. The van der Waals surface area contributed by atoms with Crippen LogP contribution in [0.4, 0.5) is 0 Å². The van der Waals surface area contributed by atoms with Crippen molar-refractivity contribution in [3.8, 4) is 0 Å². The molecule has 1 heteroatoms. The maximum atomic E-state index is 2.21. The number of rotatable bonds is 4. The third kappa shape index (κ3) is 3.78. The van der Waals surface area contributed by atoms with E-state index in [2.05, 4.69) is 121 Å². The molecular formula is C28H20S. The number of benzene rings is 4. The second-order valence-corrected chi connectivity index (χ2v) is 8.19. The van der Waals surface area contributed by atoms with E-state index in [-0.39, 0.29) is 0 Å². The number of fused-ring (bicyclic) bond motifs is 2. The summed E-state index contributed by atoms with van der Waals surface area (Å²) in [5.41, 5.74) is 2.51. The lowest BCUT2D eigenvalue weighted by molar-refractivity contribution is 1.71. The summed E-state index contributed by atoms with van der Waals surface area (Å²) in [7, 11) is 0. The lowest BCUT2D eigenvalue weighted by atomic mass is 10.0. The van der Waals surface area contributed by atoms with Crippen molar-refractivity contribution in [3.05, 3.63) is 118 Å². The van der Waals surface area contributed by atoms with Gasteiger partial charge < -0.3 is 0 Å². The van der Waals surface area contributed by atoms with Gasteiger partial charge in [0, 0.05) is 9.75 Å². The predicted molar refractivity (Wildman–Crippen MR) is 130 cm³/mol. The van der Waals surface area contributed by atoms with Crippen molar-refractivity contribution in [2.75, 3.05) is 0 Å². The van der Waals surface area contributed by atoms with E-state index in [1.54, 1.807) is 0 Å². The van der Waals surface area contributed by atoms with E-state index in [1.165, 1.54) is 42.4 Å². The minimum absolute atomic E-state index is 1.25. The van der Waals surface area contributed by atoms with Crippen LogP contribution in [-0.4, -0.2) is 0 Å². The van der Waals surface area contributed by atoms with E-state index >= 15 is 0 Å². The largest absolute Gasteiger partial charge is 0.137 e. The first-order valence-corrected chi connectivity index (χ1v) is 10.6. The fourth-order valence-electron chi connectivity index (χ4n) is 3.68. The van der Waals surface area contributed by atoms with Crippen molar-refractivity contribution in [2.24, 2.45) is 0 Å². The molecule has 0 atom stereocenters. The first-order valence-electron chi connectivity index (χ1n) is 9.78. The van der Waals surface area contributed by atoms with Crippen molar-refractivity contribution in [1.82, 2.24) is 0 Å². The van der Waals surface area contributed by atoms with Gasteiger partial charge in [0.15, 0.2) is 0 Å². The lowest BCUT2D eigenvalue weighted by Gasteiger charge is -2.01. The molecule has 1 aromatic heterocycles. The van der Waals surface area contributed by atoms with Gasteiger partial charge in [-0.3, -0.25) is 0 Å². The summed E-state index contributed by atoms with van der Waals surface area (Å²) >= 11 is 1.81. The Labute approximate surface area is 175 Å². The average Bonchev–Trinajstić information content (AvgIpc) is 3.24. The molecule has 1 heterocycles. The highest BCUT2D eigenvalue weighted by atomic mass is 32.1. The smallest absolute Gasteiger partial charge is 0.0276 e. The second-order valence-electron chi connectivity index (χ2n) is 7.04. The highest BCUT2D eigenvalue weighted by Gasteiger charge is 1.99. The fraction of sp³-hybridized carbons (Fsp3) is 0. The molecule has 0 fully saturated rings. The van der Waals surface area contributed by atoms with Crippen LogP contribution in [0.15, 0.2) is 97.1 Å². The minimum Gasteiger partial charge on any atom is -0.137 e. The molecule has 0 nitrogen and oxygen atoms in total. The van der Waals surface area contributed by atoms with Crippen LogP contribution in [0.25, 0.3) is 45.8 Å². The maximum Gasteiger partial charge on any atom is 0.0276 e. The minimum atomic E-state index is 1.25. The van der Waals surface area contributed by atoms with Crippen molar-refractivity contribution in [1.29, 1.82) is 0 Å². The van der Waals surface area contributed by atoms with Crippen LogP contribution in [0.5, 0.6) is 0 Å². The molecule has 0 unspecified atom stereocenters. The molecule has 138 valence electrons. The van der Waals surface area contributed by atoms with Crippen LogP contribution in [0, 0.1) is 0 Å². The third-order valence-electron chi connectivity index (χ3n) is 5.15. The average molecular weight is 389 g/mol. The molecule has 0 aliphatic rings. The van der Waals surface area contributed by atoms with Crippen LogP contribution in [0.1, 0.15) is 20.9 Å². The third-order valence-corrected chi connectivity index (χ3v) is 6.16. The zero-order valence-corrected chi connectivity index (χ0v) is 16.8. The molecule has 0 spiro atoms. The van der Waals surface area contributed by atoms with Crippen LogP contribution < -0.4 is 0 Å². The quantitative estimate of drug-likeness (QED) is 0.290. The van der Waals surface area contributed by atoms with Gasteiger partial charge in [-0.05, 0) is 57.0 Å². The van der Waals surface area contributed by atoms with E-state index in [0.29, 0.717) is 0 Å². The summed E-state index contributed by atoms with van der Waals surface area (Å²) < 4.78 is 0. The number of thiophene rings is 1. The fourth-order valence-corrected chi connectivity index (χ4v) is 4.50. The van der Waals surface area contributed by atoms with Gasteiger partial charge in [0.2, 0.25) is 0 Å². The standard InChI is InChI=1S/C28H20S/c1-3-13-27-21(7-1)9-5-11-23(27)15-17-25-19-20-26(29-25)18-16-24-12-6-10-22-8-2-4-14-28(22)24/h1-20H/b17-15-,18-16-. The molecular weight excluding hydrogens is 368 g/mol. The molecule has 5 rings (SSSR count). The molecule has 0 aliphatic heterocycles. The summed E-state index contributed by atoms with van der Waals surface area (Å²) in [6, 6.07) is 34.3. The van der Waals surface area contributed by atoms with Gasteiger partial charge in [0.1, 0.15) is 0 Å². The van der Waals surface area contributed by atoms with Gasteiger partial charge in [-0.25, -0.2) is 0 Å². The van der Waals surface area contributed by atoms with Gasteiger partial charge >= 0.3 is 0 Å². The predicted octanol–water partition coefficient (Wildman–Crippen LogP) is 8.40. The Balaban J connectivity index is 1.39. The Morgan fingerprint density at radius 3 is 1.38 bits per heavy atom. The van der Waals surface area contributed by atoms with Crippen LogP contribution in [0.2, 0.25) is 0 Å². The van der Waals surface area contributed by atoms with E-state index in [1.807, 2.05) is 11.3 Å². The van der Waals surface area contributed by atoms with Gasteiger partial charge in [0.25, 0.3) is 0 Å². The topological polar surface area (TPSA) is 0 Å². The molecule has 0 bridgehead atoms. The molecule has 5 aromatic rings. The Bertz CT molecular complexity index is 1240. The summed E-state index contributed by atoms with van der Waals surface area (Å²) in [5, 5.41) is 5.14. The van der Waals surface area contributed by atoms with Crippen molar-refractivity contribution in [2.45, 2.75) is 0 Å². The van der Waals surface area contributed by atoms with Gasteiger partial charge in [0.05, 0.1) is 0 Å². The van der Waals surface area contributed by atoms with Crippen LogP contribution in [0.3, 0.4) is 0 Å². The van der Waals surface area contributed by atoms with Crippen molar-refractivity contribution >= 4 is 57.2 Å². The highest BCUT2D eigenvalue weighted by molar-refractivity contribution is 7.13. The van der Waals surface area contributed by atoms with Gasteiger partial charge in [-0.1, -0.05) is 97.1 Å². The molecule has 0 saturated carbocycles. The van der Waals surface area contributed by atoms with Crippen molar-refractivity contribution in [3.63, 3.8) is 0 Å². The van der Waals surface area contributed by atoms with E-state index in [4.69, 9.17) is 0 Å². The highest BCUT2D eigenvalue weighted by Crippen LogP contribution is 2.25. The summed E-state index contributed by atoms with van der Waals surface area (Å²) in [6.45, 7) is 0. The summed E-state index contributed by atoms with van der Waals surface area (Å²) in [4.78, 5) is 2.52. The van der Waals surface area contributed by atoms with E-state index in [0.717, 1.165) is 0 Å². The number of hydrogen-bond donors (Lipinski definition) is 0. The summed E-state index contributed by atoms with van der Waals surface area (Å²) in [6.07, 6.45) is 8.85. The molecule has 0 N–H and O–H groups in total. The van der Waals surface area contributed by atoms with Gasteiger partial charge in [-0.15, -0.1) is 11.3 Å². The summed E-state index contributed by atoms with van der Waals surface area (Å²) in [5.74, 6) is 0. The monoisotopic (exact) mass is 388 g/mol. The maximum absolute atomic E-state index is 2.21. The van der Waals surface area contributed by atoms with E-state index < -0.39 is 0 Å². The Morgan fingerprint density at radius 1 is 0.414 bits per heavy atom. The van der Waals surface area contributed by atoms with Crippen LogP contribution >= 0.6 is 11.3 Å². The second kappa shape index (κ2) is 7.90. The molecule has 0 radical (unpaired) electrons. The first-order chi connectivity index (χ1) is 14.4. The van der Waals surface area contributed by atoms with Crippen LogP contribution in [-0.2, 0) is 0 Å². The zero-order valence-electron chi connectivity index (χ0n) is 16.0. The molecule has 4 aromatic carbocycles. The molecule has 0 saturated heterocycles. The zero-order chi connectivity index (χ0) is 19.5. The Hall–Kier alpha value is -3.42. The lowest BCUT2D eigenvalue weighted by Crippen LogP contribution is -1.77. The Morgan fingerprint density at radius 2 is 0.862 bits per heavy atom.